The van der Waals surface area contributed by atoms with Crippen molar-refractivity contribution in [2.45, 2.75) is 17.4 Å². The fourth-order valence-electron chi connectivity index (χ4n) is 3.28. The zero-order chi connectivity index (χ0) is 22.1. The largest absolute Gasteiger partial charge is 0.322 e. The minimum atomic E-state index is -3.85. The number of amides is 1. The molecule has 1 fully saturated rings. The molecule has 0 radical (unpaired) electrons. The summed E-state index contributed by atoms with van der Waals surface area (Å²) in [5.74, 6) is -0.551. The first-order chi connectivity index (χ1) is 14.7. The summed E-state index contributed by atoms with van der Waals surface area (Å²) in [6.45, 7) is 0. The molecular weight excluding hydrogens is 440 g/mol. The lowest BCUT2D eigenvalue weighted by atomic mass is 10.2. The second-order valence-corrected chi connectivity index (χ2v) is 11.1. The zero-order valence-corrected chi connectivity index (χ0v) is 17.9. The van der Waals surface area contributed by atoms with Gasteiger partial charge in [-0.3, -0.25) is 4.79 Å². The van der Waals surface area contributed by atoms with Gasteiger partial charge in [0, 0.05) is 29.7 Å². The number of hydrogen-bond acceptors (Lipinski definition) is 6. The third kappa shape index (κ3) is 5.01. The molecule has 0 spiro atoms. The van der Waals surface area contributed by atoms with Crippen LogP contribution in [0, 0.1) is 0 Å². The maximum absolute atomic E-state index is 12.5. The predicted octanol–water partition coefficient (Wildman–Crippen LogP) is 1.59. The van der Waals surface area contributed by atoms with Crippen molar-refractivity contribution in [2.75, 3.05) is 16.8 Å². The standard InChI is InChI=1S/C20H20N4O5S2/c25-20(15-2-6-18(7-3-15)24-12-1-11-21-24)22-16-4-8-19(9-5-16)31(28,29)23-17-10-13-30(26,27)14-17/h1-9,11-12,17,23H,10,13-14H2,(H,22,25). The van der Waals surface area contributed by atoms with Gasteiger partial charge in [-0.1, -0.05) is 0 Å². The van der Waals surface area contributed by atoms with Gasteiger partial charge in [0.25, 0.3) is 5.91 Å². The second kappa shape index (κ2) is 8.25. The van der Waals surface area contributed by atoms with Gasteiger partial charge in [-0.05, 0) is 61.0 Å². The summed E-state index contributed by atoms with van der Waals surface area (Å²) in [6.07, 6.45) is 3.72. The first kappa shape index (κ1) is 21.2. The molecule has 162 valence electrons. The first-order valence-corrected chi connectivity index (χ1v) is 12.8. The van der Waals surface area contributed by atoms with Crippen molar-refractivity contribution in [3.63, 3.8) is 0 Å². The highest BCUT2D eigenvalue weighted by atomic mass is 32.2. The monoisotopic (exact) mass is 460 g/mol. The van der Waals surface area contributed by atoms with E-state index in [1.807, 2.05) is 0 Å². The lowest BCUT2D eigenvalue weighted by Crippen LogP contribution is -2.35. The van der Waals surface area contributed by atoms with Crippen LogP contribution in [0.2, 0.25) is 0 Å². The molecule has 2 heterocycles. The van der Waals surface area contributed by atoms with Gasteiger partial charge in [0.2, 0.25) is 10.0 Å². The molecule has 9 nitrogen and oxygen atoms in total. The smallest absolute Gasteiger partial charge is 0.255 e. The third-order valence-electron chi connectivity index (χ3n) is 4.88. The van der Waals surface area contributed by atoms with Crippen LogP contribution in [-0.2, 0) is 19.9 Å². The normalized spacial score (nSPS) is 18.0. The van der Waals surface area contributed by atoms with Gasteiger partial charge in [0.1, 0.15) is 0 Å². The van der Waals surface area contributed by atoms with Crippen molar-refractivity contribution in [3.05, 3.63) is 72.6 Å². The fraction of sp³-hybridized carbons (Fsp3) is 0.200. The van der Waals surface area contributed by atoms with Gasteiger partial charge in [-0.15, -0.1) is 0 Å². The van der Waals surface area contributed by atoms with E-state index in [0.717, 1.165) is 5.69 Å². The van der Waals surface area contributed by atoms with Crippen LogP contribution in [0.15, 0.2) is 71.9 Å². The quantitative estimate of drug-likeness (QED) is 0.575. The van der Waals surface area contributed by atoms with Crippen molar-refractivity contribution in [2.24, 2.45) is 0 Å². The summed E-state index contributed by atoms with van der Waals surface area (Å²) < 4.78 is 52.1. The number of benzene rings is 2. The number of nitrogens with zero attached hydrogens (tertiary/aromatic N) is 2. The number of nitrogens with one attached hydrogen (secondary N) is 2. The minimum Gasteiger partial charge on any atom is -0.322 e. The summed E-state index contributed by atoms with van der Waals surface area (Å²) >= 11 is 0. The Morgan fingerprint density at radius 1 is 1.06 bits per heavy atom. The highest BCUT2D eigenvalue weighted by molar-refractivity contribution is 7.92. The number of carbonyl (C=O) groups is 1. The molecule has 1 atom stereocenters. The first-order valence-electron chi connectivity index (χ1n) is 9.46. The Hall–Kier alpha value is -3.02. The maximum Gasteiger partial charge on any atom is 0.255 e. The molecule has 1 aromatic heterocycles. The van der Waals surface area contributed by atoms with Crippen LogP contribution < -0.4 is 10.0 Å². The lowest BCUT2D eigenvalue weighted by Gasteiger charge is -2.12. The van der Waals surface area contributed by atoms with E-state index < -0.39 is 25.9 Å². The second-order valence-electron chi connectivity index (χ2n) is 7.20. The fourth-order valence-corrected chi connectivity index (χ4v) is 6.33. The van der Waals surface area contributed by atoms with Gasteiger partial charge < -0.3 is 5.32 Å². The van der Waals surface area contributed by atoms with Crippen LogP contribution in [0.25, 0.3) is 5.69 Å². The Morgan fingerprint density at radius 2 is 1.77 bits per heavy atom. The van der Waals surface area contributed by atoms with E-state index in [1.165, 1.54) is 24.3 Å². The van der Waals surface area contributed by atoms with Crippen LogP contribution in [0.5, 0.6) is 0 Å². The Kier molecular flexibility index (Phi) is 5.65. The van der Waals surface area contributed by atoms with Crippen molar-refractivity contribution in [1.82, 2.24) is 14.5 Å². The summed E-state index contributed by atoms with van der Waals surface area (Å²) in [5, 5.41) is 6.85. The van der Waals surface area contributed by atoms with E-state index in [4.69, 9.17) is 0 Å². The van der Waals surface area contributed by atoms with E-state index in [1.54, 1.807) is 47.4 Å². The Bertz CT molecular complexity index is 1280. The van der Waals surface area contributed by atoms with Crippen molar-refractivity contribution in [3.8, 4) is 5.69 Å². The molecule has 3 aromatic rings. The molecule has 11 heteroatoms. The molecule has 31 heavy (non-hydrogen) atoms. The summed E-state index contributed by atoms with van der Waals surface area (Å²) in [5.41, 5.74) is 1.69. The number of sulfone groups is 1. The molecule has 0 saturated carbocycles. The highest BCUT2D eigenvalue weighted by Crippen LogP contribution is 2.18. The summed E-state index contributed by atoms with van der Waals surface area (Å²) in [6, 6.07) is 13.7. The number of sulfonamides is 1. The van der Waals surface area contributed by atoms with Crippen LogP contribution in [0.4, 0.5) is 5.69 Å². The maximum atomic E-state index is 12.5. The average molecular weight is 461 g/mol. The molecule has 1 amide bonds. The number of rotatable bonds is 6. The molecule has 1 unspecified atom stereocenters. The van der Waals surface area contributed by atoms with Crippen LogP contribution in [0.3, 0.4) is 0 Å². The van der Waals surface area contributed by atoms with Gasteiger partial charge in [-0.25, -0.2) is 26.2 Å². The number of anilines is 1. The lowest BCUT2D eigenvalue weighted by molar-refractivity contribution is 0.102. The van der Waals surface area contributed by atoms with E-state index >= 15 is 0 Å². The van der Waals surface area contributed by atoms with Crippen molar-refractivity contribution >= 4 is 31.5 Å². The van der Waals surface area contributed by atoms with Crippen LogP contribution in [-0.4, -0.2) is 50.1 Å². The summed E-state index contributed by atoms with van der Waals surface area (Å²) in [4.78, 5) is 12.5. The molecule has 0 bridgehead atoms. The van der Waals surface area contributed by atoms with E-state index in [2.05, 4.69) is 15.1 Å². The van der Waals surface area contributed by atoms with Crippen molar-refractivity contribution < 1.29 is 21.6 Å². The molecule has 4 rings (SSSR count). The number of carbonyl (C=O) groups excluding carboxylic acids is 1. The molecule has 1 aliphatic rings. The minimum absolute atomic E-state index is 0.00151. The van der Waals surface area contributed by atoms with Crippen LogP contribution >= 0.6 is 0 Å². The van der Waals surface area contributed by atoms with E-state index in [-0.39, 0.29) is 28.7 Å². The third-order valence-corrected chi connectivity index (χ3v) is 8.18. The number of aromatic nitrogens is 2. The highest BCUT2D eigenvalue weighted by Gasteiger charge is 2.31. The zero-order valence-electron chi connectivity index (χ0n) is 16.3. The molecular formula is C20H20N4O5S2. The Balaban J connectivity index is 1.40. The SMILES string of the molecule is O=C(Nc1ccc(S(=O)(=O)NC2CCS(=O)(=O)C2)cc1)c1ccc(-n2cccn2)cc1. The van der Waals surface area contributed by atoms with E-state index in [9.17, 15) is 21.6 Å². The van der Waals surface area contributed by atoms with Crippen molar-refractivity contribution in [1.29, 1.82) is 0 Å². The predicted molar refractivity (Wildman–Crippen MR) is 115 cm³/mol. The molecule has 0 aliphatic carbocycles. The Labute approximate surface area is 180 Å². The summed E-state index contributed by atoms with van der Waals surface area (Å²) in [7, 11) is -7.04. The van der Waals surface area contributed by atoms with Crippen LogP contribution in [0.1, 0.15) is 16.8 Å². The van der Waals surface area contributed by atoms with Gasteiger partial charge in [0.05, 0.1) is 22.1 Å². The van der Waals surface area contributed by atoms with Gasteiger partial charge in [0.15, 0.2) is 9.84 Å². The topological polar surface area (TPSA) is 127 Å². The van der Waals surface area contributed by atoms with Gasteiger partial charge in [-0.2, -0.15) is 5.10 Å². The van der Waals surface area contributed by atoms with E-state index in [0.29, 0.717) is 11.3 Å². The molecule has 1 aliphatic heterocycles. The Morgan fingerprint density at radius 3 is 2.35 bits per heavy atom. The van der Waals surface area contributed by atoms with Gasteiger partial charge >= 0.3 is 0 Å². The number of hydrogen-bond donors (Lipinski definition) is 2. The molecule has 1 saturated heterocycles. The molecule has 2 aromatic carbocycles. The molecule has 2 N–H and O–H groups in total. The average Bonchev–Trinajstić information content (AvgIpc) is 3.38.